The number of aliphatic hydroxyl groups excluding tert-OH is 1. The molecule has 240 valence electrons. The lowest BCUT2D eigenvalue weighted by atomic mass is 10.0. The number of carboxylic acids is 1. The van der Waals surface area contributed by atoms with E-state index in [1.807, 2.05) is 13.0 Å². The number of alkyl halides is 6. The summed E-state index contributed by atoms with van der Waals surface area (Å²) in [4.78, 5) is 15.6. The number of aliphatic carboxylic acids is 1. The van der Waals surface area contributed by atoms with Gasteiger partial charge in [-0.05, 0) is 90.8 Å². The molecule has 3 aromatic rings. The van der Waals surface area contributed by atoms with E-state index in [4.69, 9.17) is 5.11 Å². The van der Waals surface area contributed by atoms with Crippen molar-refractivity contribution in [3.8, 4) is 0 Å². The topological polar surface area (TPSA) is 108 Å². The van der Waals surface area contributed by atoms with Crippen LogP contribution in [0.4, 0.5) is 38.0 Å². The number of carbonyl (C=O) groups is 1. The maximum atomic E-state index is 13.6. The van der Waals surface area contributed by atoms with Crippen LogP contribution >= 0.6 is 0 Å². The first-order chi connectivity index (χ1) is 20.8. The van der Waals surface area contributed by atoms with E-state index in [2.05, 4.69) is 26.4 Å². The van der Waals surface area contributed by atoms with Crippen molar-refractivity contribution < 1.29 is 41.4 Å². The zero-order chi connectivity index (χ0) is 32.1. The molecule has 0 radical (unpaired) electrons. The number of halogens is 6. The van der Waals surface area contributed by atoms with Crippen LogP contribution in [0.1, 0.15) is 66.0 Å². The van der Waals surface area contributed by atoms with Gasteiger partial charge in [0.05, 0.1) is 24.3 Å². The van der Waals surface area contributed by atoms with E-state index in [9.17, 15) is 36.2 Å². The highest BCUT2D eigenvalue weighted by Gasteiger charge is 2.37. The lowest BCUT2D eigenvalue weighted by Gasteiger charge is -2.29. The molecule has 1 aliphatic rings. The molecule has 0 aliphatic heterocycles. The summed E-state index contributed by atoms with van der Waals surface area (Å²) in [5, 5.41) is 30.4. The summed E-state index contributed by atoms with van der Waals surface area (Å²) in [6, 6.07) is 5.54. The number of hydrogen-bond acceptors (Lipinski definition) is 7. The summed E-state index contributed by atoms with van der Waals surface area (Å²) in [5.74, 6) is -0.910. The van der Waals surface area contributed by atoms with Crippen molar-refractivity contribution in [2.24, 2.45) is 0 Å². The quantitative estimate of drug-likeness (QED) is 0.179. The largest absolute Gasteiger partial charge is 0.481 e. The van der Waals surface area contributed by atoms with Crippen molar-refractivity contribution in [2.45, 2.75) is 77.4 Å². The Morgan fingerprint density at radius 2 is 1.59 bits per heavy atom. The zero-order valence-electron chi connectivity index (χ0n) is 24.1. The molecule has 0 spiro atoms. The summed E-state index contributed by atoms with van der Waals surface area (Å²) in [6.45, 7) is 2.44. The monoisotopic (exact) mass is 628 g/mol. The van der Waals surface area contributed by atoms with Crippen LogP contribution in [0.25, 0.3) is 0 Å². The first kappa shape index (κ1) is 33.0. The fourth-order valence-electron chi connectivity index (χ4n) is 5.39. The molecule has 0 atom stereocenters. The van der Waals surface area contributed by atoms with E-state index in [1.54, 1.807) is 0 Å². The highest BCUT2D eigenvalue weighted by atomic mass is 19.4. The Morgan fingerprint density at radius 1 is 0.932 bits per heavy atom. The van der Waals surface area contributed by atoms with Gasteiger partial charge in [-0.25, -0.2) is 0 Å². The predicted molar refractivity (Wildman–Crippen MR) is 149 cm³/mol. The molecule has 4 rings (SSSR count). The Bertz CT molecular complexity index is 1410. The summed E-state index contributed by atoms with van der Waals surface area (Å²) in [7, 11) is 0. The number of unbranched alkanes of at least 4 members (excludes halogenated alkanes) is 1. The van der Waals surface area contributed by atoms with Gasteiger partial charge in [0.1, 0.15) is 0 Å². The Kier molecular flexibility index (Phi) is 10.4. The average Bonchev–Trinajstić information content (AvgIpc) is 3.61. The Morgan fingerprint density at radius 3 is 2.18 bits per heavy atom. The standard InChI is InChI=1S/C29H34F6N6O3/c1-2-39(9-4-3-8-26(43)44)25-15-21-7-5-6-20(21)14-22(25)18-40(27-36-38-41(37-27)10-11-42)17-19-12-23(28(30,31)32)16-24(13-19)29(33,34)35/h12-16,42H,2-11,17-18H2,1H3,(H,43,44). The van der Waals surface area contributed by atoms with Gasteiger partial charge in [0.15, 0.2) is 0 Å². The third-order valence-corrected chi connectivity index (χ3v) is 7.49. The van der Waals surface area contributed by atoms with Crippen molar-refractivity contribution in [1.29, 1.82) is 0 Å². The number of hydrogen-bond donors (Lipinski definition) is 2. The highest BCUT2D eigenvalue weighted by molar-refractivity contribution is 5.66. The van der Waals surface area contributed by atoms with Gasteiger partial charge in [0, 0.05) is 38.3 Å². The van der Waals surface area contributed by atoms with Crippen LogP contribution in [-0.4, -0.2) is 56.1 Å². The maximum absolute atomic E-state index is 13.6. The summed E-state index contributed by atoms with van der Waals surface area (Å²) < 4.78 is 81.8. The second-order valence-corrected chi connectivity index (χ2v) is 10.7. The van der Waals surface area contributed by atoms with Gasteiger partial charge in [-0.2, -0.15) is 31.1 Å². The lowest BCUT2D eigenvalue weighted by Crippen LogP contribution is -2.29. The van der Waals surface area contributed by atoms with E-state index in [0.717, 1.165) is 40.9 Å². The molecule has 0 bridgehead atoms. The van der Waals surface area contributed by atoms with E-state index < -0.39 is 29.4 Å². The molecule has 9 nitrogen and oxygen atoms in total. The predicted octanol–water partition coefficient (Wildman–Crippen LogP) is 5.48. The van der Waals surface area contributed by atoms with Gasteiger partial charge in [0.2, 0.25) is 0 Å². The molecule has 1 heterocycles. The fourth-order valence-corrected chi connectivity index (χ4v) is 5.39. The van der Waals surface area contributed by atoms with Crippen LogP contribution < -0.4 is 9.80 Å². The molecule has 0 fully saturated rings. The Hall–Kier alpha value is -3.88. The van der Waals surface area contributed by atoms with E-state index >= 15 is 0 Å². The molecule has 0 amide bonds. The molecule has 1 aromatic heterocycles. The van der Waals surface area contributed by atoms with Crippen LogP contribution in [0, 0.1) is 0 Å². The number of rotatable bonds is 14. The van der Waals surface area contributed by atoms with Gasteiger partial charge >= 0.3 is 18.3 Å². The molecule has 2 N–H and O–H groups in total. The summed E-state index contributed by atoms with van der Waals surface area (Å²) in [5.41, 5.74) is 0.810. The van der Waals surface area contributed by atoms with E-state index in [-0.39, 0.29) is 50.2 Å². The first-order valence-electron chi connectivity index (χ1n) is 14.3. The third-order valence-electron chi connectivity index (χ3n) is 7.49. The second-order valence-electron chi connectivity index (χ2n) is 10.7. The molecule has 2 aromatic carbocycles. The van der Waals surface area contributed by atoms with Gasteiger partial charge in [0.25, 0.3) is 5.95 Å². The third kappa shape index (κ3) is 8.39. The average molecular weight is 629 g/mol. The molecular weight excluding hydrogens is 594 g/mol. The Balaban J connectivity index is 1.75. The normalized spacial score (nSPS) is 13.3. The first-order valence-corrected chi connectivity index (χ1v) is 14.3. The maximum Gasteiger partial charge on any atom is 0.416 e. The summed E-state index contributed by atoms with van der Waals surface area (Å²) >= 11 is 0. The minimum Gasteiger partial charge on any atom is -0.481 e. The molecule has 0 unspecified atom stereocenters. The van der Waals surface area contributed by atoms with Crippen molar-refractivity contribution in [2.75, 3.05) is 29.5 Å². The van der Waals surface area contributed by atoms with Gasteiger partial charge in [-0.1, -0.05) is 11.2 Å². The van der Waals surface area contributed by atoms with Crippen LogP contribution in [0.5, 0.6) is 0 Å². The zero-order valence-corrected chi connectivity index (χ0v) is 24.1. The second kappa shape index (κ2) is 13.8. The van der Waals surface area contributed by atoms with Gasteiger partial charge in [-0.3, -0.25) is 4.79 Å². The van der Waals surface area contributed by atoms with Crippen LogP contribution in [-0.2, 0) is 49.6 Å². The lowest BCUT2D eigenvalue weighted by molar-refractivity contribution is -0.143. The molecule has 0 saturated heterocycles. The number of carboxylic acid groups (broad SMARTS) is 1. The number of benzene rings is 2. The number of fused-ring (bicyclic) bond motifs is 1. The number of anilines is 2. The number of aryl methyl sites for hydroxylation is 2. The van der Waals surface area contributed by atoms with Crippen LogP contribution in [0.15, 0.2) is 30.3 Å². The molecular formula is C29H34F6N6O3. The van der Waals surface area contributed by atoms with Crippen molar-refractivity contribution in [3.63, 3.8) is 0 Å². The van der Waals surface area contributed by atoms with Gasteiger partial charge in [-0.15, -0.1) is 5.10 Å². The highest BCUT2D eigenvalue weighted by Crippen LogP contribution is 2.37. The fraction of sp³-hybridized carbons (Fsp3) is 0.517. The van der Waals surface area contributed by atoms with Gasteiger partial charge < -0.3 is 20.0 Å². The van der Waals surface area contributed by atoms with E-state index in [0.29, 0.717) is 38.1 Å². The Labute approximate surface area is 250 Å². The van der Waals surface area contributed by atoms with Crippen LogP contribution in [0.3, 0.4) is 0 Å². The SMILES string of the molecule is CCN(CCCCC(=O)O)c1cc2c(cc1CN(Cc1cc(C(F)(F)F)cc(C(F)(F)F)c1)c1nnn(CCO)n1)CCC2. The molecule has 44 heavy (non-hydrogen) atoms. The number of nitrogens with zero attached hydrogens (tertiary/aromatic N) is 6. The van der Waals surface area contributed by atoms with Crippen LogP contribution in [0.2, 0.25) is 0 Å². The number of aliphatic hydroxyl groups is 1. The number of aromatic nitrogens is 4. The van der Waals surface area contributed by atoms with Crippen molar-refractivity contribution >= 4 is 17.6 Å². The molecule has 1 aliphatic carbocycles. The molecule has 0 saturated carbocycles. The van der Waals surface area contributed by atoms with Crippen molar-refractivity contribution in [1.82, 2.24) is 20.2 Å². The van der Waals surface area contributed by atoms with E-state index in [1.165, 1.54) is 10.5 Å². The smallest absolute Gasteiger partial charge is 0.416 e. The minimum atomic E-state index is -5.00. The minimum absolute atomic E-state index is 0.00727. The molecule has 15 heteroatoms. The number of tetrazole rings is 1. The van der Waals surface area contributed by atoms with Crippen molar-refractivity contribution in [3.05, 3.63) is 63.7 Å². The summed E-state index contributed by atoms with van der Waals surface area (Å²) in [6.07, 6.45) is -6.21.